The van der Waals surface area contributed by atoms with Crippen molar-refractivity contribution < 1.29 is 19.1 Å². The van der Waals surface area contributed by atoms with Gasteiger partial charge < -0.3 is 24.7 Å². The number of nitrogens with one attached hydrogen (secondary N) is 1. The molecule has 0 radical (unpaired) electrons. The van der Waals surface area contributed by atoms with E-state index in [1.807, 2.05) is 4.57 Å². The van der Waals surface area contributed by atoms with E-state index in [0.29, 0.717) is 40.6 Å². The molecule has 0 unspecified atom stereocenters. The molecule has 0 amide bonds. The van der Waals surface area contributed by atoms with Crippen LogP contribution in [0, 0.1) is 11.7 Å². The van der Waals surface area contributed by atoms with Crippen LogP contribution >= 0.6 is 0 Å². The molecule has 1 aromatic heterocycles. The smallest absolute Gasteiger partial charge is 0.169 e. The molecule has 2 N–H and O–H groups in total. The summed E-state index contributed by atoms with van der Waals surface area (Å²) in [6.45, 7) is 2.52. The van der Waals surface area contributed by atoms with E-state index in [0.717, 1.165) is 45.3 Å². The number of methoxy groups -OCH3 is 1. The summed E-state index contributed by atoms with van der Waals surface area (Å²) < 4.78 is 23.2. The van der Waals surface area contributed by atoms with Gasteiger partial charge in [-0.2, -0.15) is 0 Å². The zero-order valence-electron chi connectivity index (χ0n) is 16.4. The molecule has 1 aromatic carbocycles. The summed E-state index contributed by atoms with van der Waals surface area (Å²) in [6.07, 6.45) is 6.59. The van der Waals surface area contributed by atoms with Crippen LogP contribution in [0.5, 0.6) is 5.75 Å². The molecule has 0 bridgehead atoms. The minimum atomic E-state index is -0.428. The Kier molecular flexibility index (Phi) is 4.46. The maximum absolute atomic E-state index is 15.4. The van der Waals surface area contributed by atoms with Crippen LogP contribution in [0.2, 0.25) is 0 Å². The Morgan fingerprint density at radius 1 is 1.34 bits per heavy atom. The molecule has 2 saturated heterocycles. The Bertz CT molecular complexity index is 1030. The summed E-state index contributed by atoms with van der Waals surface area (Å²) in [5.41, 5.74) is 1.36. The summed E-state index contributed by atoms with van der Waals surface area (Å²) >= 11 is 0. The number of benzene rings is 1. The quantitative estimate of drug-likeness (QED) is 0.468. The number of halogens is 1. The van der Waals surface area contributed by atoms with Crippen molar-refractivity contribution in [3.05, 3.63) is 29.0 Å². The van der Waals surface area contributed by atoms with Gasteiger partial charge >= 0.3 is 0 Å². The first-order valence-corrected chi connectivity index (χ1v) is 10.2. The maximum Gasteiger partial charge on any atom is 0.169 e. The Balaban J connectivity index is 1.75. The molecule has 1 saturated carbocycles. The number of fused-ring (bicyclic) bond motifs is 2. The van der Waals surface area contributed by atoms with Gasteiger partial charge in [-0.25, -0.2) is 4.39 Å². The highest BCUT2D eigenvalue weighted by Gasteiger charge is 2.37. The molecule has 154 valence electrons. The van der Waals surface area contributed by atoms with Crippen molar-refractivity contribution in [3.63, 3.8) is 0 Å². The van der Waals surface area contributed by atoms with Gasteiger partial charge in [-0.1, -0.05) is 5.16 Å². The van der Waals surface area contributed by atoms with Gasteiger partial charge in [0.15, 0.2) is 17.9 Å². The molecular weight excluding hydrogens is 375 g/mol. The molecule has 1 aliphatic carbocycles. The number of anilines is 1. The zero-order chi connectivity index (χ0) is 20.1. The third-order valence-electron chi connectivity index (χ3n) is 6.53. The highest BCUT2D eigenvalue weighted by molar-refractivity contribution is 5.94. The molecule has 2 aliphatic heterocycles. The Hall–Kier alpha value is -2.61. The van der Waals surface area contributed by atoms with Crippen LogP contribution in [0.25, 0.3) is 10.9 Å². The Morgan fingerprint density at radius 3 is 2.83 bits per heavy atom. The van der Waals surface area contributed by atoms with E-state index in [1.165, 1.54) is 6.07 Å². The fourth-order valence-electron chi connectivity index (χ4n) is 5.03. The number of hydrogen-bond donors (Lipinski definition) is 2. The lowest BCUT2D eigenvalue weighted by Crippen LogP contribution is -2.40. The topological polar surface area (TPSA) is 79.1 Å². The van der Waals surface area contributed by atoms with Crippen LogP contribution in [0.4, 0.5) is 10.1 Å². The summed E-state index contributed by atoms with van der Waals surface area (Å²) in [6, 6.07) is 1.97. The first-order valence-electron chi connectivity index (χ1n) is 10.2. The predicted octanol–water partition coefficient (Wildman–Crippen LogP) is 2.41. The minimum Gasteiger partial charge on any atom is -0.492 e. The van der Waals surface area contributed by atoms with Gasteiger partial charge in [-0.3, -0.25) is 4.79 Å². The molecule has 3 heterocycles. The Labute approximate surface area is 167 Å². The SMILES string of the molecule is COc1c(N2C[C@@H]3CCCN[C@@H]3C2)c(F)cc2/c(=N\O)c(C=O)cn(C3CC3)c12. The van der Waals surface area contributed by atoms with Crippen molar-refractivity contribution in [1.82, 2.24) is 9.88 Å². The van der Waals surface area contributed by atoms with Gasteiger partial charge in [0.1, 0.15) is 11.0 Å². The zero-order valence-corrected chi connectivity index (χ0v) is 16.4. The normalized spacial score (nSPS) is 24.8. The summed E-state index contributed by atoms with van der Waals surface area (Å²) in [7, 11) is 1.54. The molecule has 7 nitrogen and oxygen atoms in total. The van der Waals surface area contributed by atoms with E-state index >= 15 is 4.39 Å². The summed E-state index contributed by atoms with van der Waals surface area (Å²) in [5.74, 6) is 0.510. The number of hydrogen-bond acceptors (Lipinski definition) is 6. The van der Waals surface area contributed by atoms with Crippen LogP contribution < -0.4 is 20.3 Å². The number of aromatic nitrogens is 1. The fraction of sp³-hybridized carbons (Fsp3) is 0.524. The van der Waals surface area contributed by atoms with E-state index < -0.39 is 5.82 Å². The van der Waals surface area contributed by atoms with E-state index in [9.17, 15) is 10.0 Å². The Morgan fingerprint density at radius 2 is 2.17 bits per heavy atom. The highest BCUT2D eigenvalue weighted by atomic mass is 19.1. The van der Waals surface area contributed by atoms with Crippen molar-refractivity contribution in [3.8, 4) is 5.75 Å². The number of aldehydes is 1. The standard InChI is InChI=1S/C21H25FN4O3/c1-29-21-19-15(18(24-28)13(11-27)9-26(19)14-4-5-14)7-16(22)20(21)25-8-12-3-2-6-23-17(12)10-25/h7,9,11-12,14,17,23,28H,2-6,8,10H2,1H3/b24-18-/t12-,17+/m0/s1. The van der Waals surface area contributed by atoms with Crippen LogP contribution in [0.3, 0.4) is 0 Å². The second-order valence-corrected chi connectivity index (χ2v) is 8.29. The average molecular weight is 400 g/mol. The molecule has 2 atom stereocenters. The van der Waals surface area contributed by atoms with E-state index in [1.54, 1.807) is 13.3 Å². The van der Waals surface area contributed by atoms with Gasteiger partial charge in [0.25, 0.3) is 0 Å². The molecule has 3 fully saturated rings. The third kappa shape index (κ3) is 2.88. The van der Waals surface area contributed by atoms with Gasteiger partial charge in [0.05, 0.1) is 18.2 Å². The minimum absolute atomic E-state index is 0.0763. The monoisotopic (exact) mass is 400 g/mol. The molecule has 8 heteroatoms. The van der Waals surface area contributed by atoms with Gasteiger partial charge in [0, 0.05) is 36.8 Å². The van der Waals surface area contributed by atoms with E-state index in [-0.39, 0.29) is 17.0 Å². The van der Waals surface area contributed by atoms with Crippen LogP contribution in [0.15, 0.2) is 17.4 Å². The second-order valence-electron chi connectivity index (χ2n) is 8.29. The molecule has 2 aromatic rings. The fourth-order valence-corrected chi connectivity index (χ4v) is 5.03. The number of piperidine rings is 1. The molecule has 3 aliphatic rings. The lowest BCUT2D eigenvalue weighted by Gasteiger charge is -2.25. The number of carbonyl (C=O) groups is 1. The van der Waals surface area contributed by atoms with Gasteiger partial charge in [0.2, 0.25) is 0 Å². The van der Waals surface area contributed by atoms with Crippen molar-refractivity contribution in [2.75, 3.05) is 31.6 Å². The lowest BCUT2D eigenvalue weighted by atomic mass is 9.94. The van der Waals surface area contributed by atoms with Crippen LogP contribution in [-0.2, 0) is 0 Å². The number of pyridine rings is 1. The van der Waals surface area contributed by atoms with Crippen molar-refractivity contribution >= 4 is 22.9 Å². The van der Waals surface area contributed by atoms with E-state index in [4.69, 9.17) is 4.74 Å². The average Bonchev–Trinajstić information content (AvgIpc) is 3.49. The molecule has 5 rings (SSSR count). The van der Waals surface area contributed by atoms with Crippen molar-refractivity contribution in [2.45, 2.75) is 37.8 Å². The largest absolute Gasteiger partial charge is 0.492 e. The van der Waals surface area contributed by atoms with Crippen molar-refractivity contribution in [1.29, 1.82) is 0 Å². The third-order valence-corrected chi connectivity index (χ3v) is 6.53. The van der Waals surface area contributed by atoms with Crippen LogP contribution in [-0.4, -0.2) is 48.8 Å². The number of carbonyl (C=O) groups excluding carboxylic acids is 1. The first kappa shape index (κ1) is 18.4. The second kappa shape index (κ2) is 7.02. The number of ether oxygens (including phenoxy) is 1. The summed E-state index contributed by atoms with van der Waals surface area (Å²) in [5, 5.41) is 16.9. The molecule has 29 heavy (non-hydrogen) atoms. The van der Waals surface area contributed by atoms with Crippen molar-refractivity contribution in [2.24, 2.45) is 11.1 Å². The summed E-state index contributed by atoms with van der Waals surface area (Å²) in [4.78, 5) is 13.6. The predicted molar refractivity (Wildman–Crippen MR) is 106 cm³/mol. The number of nitrogens with zero attached hydrogens (tertiary/aromatic N) is 3. The molecule has 0 spiro atoms. The molecular formula is C21H25FN4O3. The van der Waals surface area contributed by atoms with Crippen LogP contribution in [0.1, 0.15) is 42.1 Å². The maximum atomic E-state index is 15.4. The first-order chi connectivity index (χ1) is 14.2. The lowest BCUT2D eigenvalue weighted by molar-refractivity contribution is 0.112. The number of rotatable bonds is 4. The van der Waals surface area contributed by atoms with Gasteiger partial charge in [-0.15, -0.1) is 0 Å². The van der Waals surface area contributed by atoms with E-state index in [2.05, 4.69) is 15.4 Å². The highest BCUT2D eigenvalue weighted by Crippen LogP contribution is 2.44. The van der Waals surface area contributed by atoms with Gasteiger partial charge in [-0.05, 0) is 44.2 Å².